The van der Waals surface area contributed by atoms with E-state index in [0.717, 1.165) is 10.9 Å². The lowest BCUT2D eigenvalue weighted by Gasteiger charge is -2.05. The lowest BCUT2D eigenvalue weighted by molar-refractivity contribution is -0.112. The highest BCUT2D eigenvalue weighted by Gasteiger charge is 2.18. The summed E-state index contributed by atoms with van der Waals surface area (Å²) in [4.78, 5) is 24.2. The van der Waals surface area contributed by atoms with Gasteiger partial charge in [-0.2, -0.15) is 5.10 Å². The minimum Gasteiger partial charge on any atom is -0.350 e. The highest BCUT2D eigenvalue weighted by molar-refractivity contribution is 6.46. The molecule has 2 heterocycles. The van der Waals surface area contributed by atoms with Crippen LogP contribution in [0.1, 0.15) is 17.3 Å². The van der Waals surface area contributed by atoms with Crippen LogP contribution in [0.25, 0.3) is 10.9 Å². The number of hydrogen-bond donors (Lipinski definition) is 1. The molecule has 0 radical (unpaired) electrons. The lowest BCUT2D eigenvalue weighted by atomic mass is 10.2. The Hall–Kier alpha value is -2.89. The molecule has 6 nitrogen and oxygen atoms in total. The minimum absolute atomic E-state index is 0.291. The van der Waals surface area contributed by atoms with Gasteiger partial charge in [-0.05, 0) is 30.5 Å². The topological polar surface area (TPSA) is 68.9 Å². The Morgan fingerprint density at radius 2 is 2.09 bits per heavy atom. The van der Waals surface area contributed by atoms with Crippen molar-refractivity contribution in [3.63, 3.8) is 0 Å². The van der Waals surface area contributed by atoms with Gasteiger partial charge in [0, 0.05) is 37.2 Å². The number of amides is 1. The van der Waals surface area contributed by atoms with E-state index in [1.165, 1.54) is 6.20 Å². The SMILES string of the molecule is CCn1cc(C(=O)C(=O)Nc2ccc3ccn(C)c3c2)cn1. The average molecular weight is 296 g/mol. The second-order valence-corrected chi connectivity index (χ2v) is 5.07. The number of hydrogen-bond acceptors (Lipinski definition) is 3. The molecule has 0 aliphatic carbocycles. The number of nitrogens with one attached hydrogen (secondary N) is 1. The van der Waals surface area contributed by atoms with Crippen LogP contribution in [0.15, 0.2) is 42.9 Å². The van der Waals surface area contributed by atoms with Crippen molar-refractivity contribution in [2.45, 2.75) is 13.5 Å². The summed E-state index contributed by atoms with van der Waals surface area (Å²) in [6.45, 7) is 2.56. The number of ketones is 1. The molecule has 1 aromatic carbocycles. The van der Waals surface area contributed by atoms with Crippen LogP contribution >= 0.6 is 0 Å². The van der Waals surface area contributed by atoms with E-state index in [1.807, 2.05) is 42.9 Å². The monoisotopic (exact) mass is 296 g/mol. The molecular weight excluding hydrogens is 280 g/mol. The molecule has 2 aromatic heterocycles. The fourth-order valence-electron chi connectivity index (χ4n) is 2.31. The molecular formula is C16H16N4O2. The Morgan fingerprint density at radius 3 is 2.82 bits per heavy atom. The van der Waals surface area contributed by atoms with Crippen LogP contribution < -0.4 is 5.32 Å². The highest BCUT2D eigenvalue weighted by Crippen LogP contribution is 2.19. The zero-order chi connectivity index (χ0) is 15.7. The Balaban J connectivity index is 1.79. The van der Waals surface area contributed by atoms with Crippen molar-refractivity contribution < 1.29 is 9.59 Å². The summed E-state index contributed by atoms with van der Waals surface area (Å²) in [6.07, 6.45) is 4.93. The fraction of sp³-hybridized carbons (Fsp3) is 0.188. The van der Waals surface area contributed by atoms with Crippen molar-refractivity contribution in [1.82, 2.24) is 14.3 Å². The molecule has 0 unspecified atom stereocenters. The van der Waals surface area contributed by atoms with E-state index in [-0.39, 0.29) is 0 Å². The Morgan fingerprint density at radius 1 is 1.27 bits per heavy atom. The summed E-state index contributed by atoms with van der Waals surface area (Å²) in [5.74, 6) is -1.25. The van der Waals surface area contributed by atoms with Crippen molar-refractivity contribution in [3.8, 4) is 0 Å². The van der Waals surface area contributed by atoms with Crippen molar-refractivity contribution in [2.24, 2.45) is 7.05 Å². The first-order chi connectivity index (χ1) is 10.6. The number of anilines is 1. The summed E-state index contributed by atoms with van der Waals surface area (Å²) in [7, 11) is 1.93. The van der Waals surface area contributed by atoms with E-state index in [9.17, 15) is 9.59 Å². The molecule has 3 aromatic rings. The number of benzene rings is 1. The third-order valence-corrected chi connectivity index (χ3v) is 3.57. The molecule has 22 heavy (non-hydrogen) atoms. The normalized spacial score (nSPS) is 10.8. The van der Waals surface area contributed by atoms with E-state index in [0.29, 0.717) is 17.8 Å². The summed E-state index contributed by atoms with van der Waals surface area (Å²) >= 11 is 0. The maximum Gasteiger partial charge on any atom is 0.296 e. The standard InChI is InChI=1S/C16H16N4O2/c1-3-20-10-12(9-17-20)15(21)16(22)18-13-5-4-11-6-7-19(2)14(11)8-13/h4-10H,3H2,1-2H3,(H,18,22). The minimum atomic E-state index is -0.663. The zero-order valence-electron chi connectivity index (χ0n) is 12.4. The van der Waals surface area contributed by atoms with Gasteiger partial charge in [0.15, 0.2) is 0 Å². The predicted octanol–water partition coefficient (Wildman–Crippen LogP) is 2.22. The molecule has 0 aliphatic heterocycles. The van der Waals surface area contributed by atoms with Crippen molar-refractivity contribution in [2.75, 3.05) is 5.32 Å². The molecule has 0 aliphatic rings. The van der Waals surface area contributed by atoms with Gasteiger partial charge in [0.05, 0.1) is 11.8 Å². The van der Waals surface area contributed by atoms with Crippen LogP contribution in [-0.2, 0) is 18.4 Å². The van der Waals surface area contributed by atoms with E-state index in [4.69, 9.17) is 0 Å². The van der Waals surface area contributed by atoms with Crippen LogP contribution in [0.2, 0.25) is 0 Å². The van der Waals surface area contributed by atoms with Gasteiger partial charge in [0.1, 0.15) is 0 Å². The van der Waals surface area contributed by atoms with Crippen LogP contribution in [0.3, 0.4) is 0 Å². The number of rotatable bonds is 4. The van der Waals surface area contributed by atoms with Crippen LogP contribution in [0.5, 0.6) is 0 Å². The molecule has 0 saturated heterocycles. The summed E-state index contributed by atoms with van der Waals surface area (Å²) in [5, 5.41) is 7.72. The number of aryl methyl sites for hydroxylation is 2. The van der Waals surface area contributed by atoms with Crippen LogP contribution in [0, 0.1) is 0 Å². The quantitative estimate of drug-likeness (QED) is 0.593. The van der Waals surface area contributed by atoms with Gasteiger partial charge in [-0.1, -0.05) is 6.07 Å². The molecule has 112 valence electrons. The molecule has 0 bridgehead atoms. The number of aromatic nitrogens is 3. The van der Waals surface area contributed by atoms with Crippen LogP contribution in [0.4, 0.5) is 5.69 Å². The van der Waals surface area contributed by atoms with Gasteiger partial charge >= 0.3 is 0 Å². The van der Waals surface area contributed by atoms with E-state index in [1.54, 1.807) is 16.9 Å². The summed E-state index contributed by atoms with van der Waals surface area (Å²) in [5.41, 5.74) is 1.87. The number of Topliss-reactive ketones (excluding diaryl/α,β-unsaturated/α-hetero) is 1. The smallest absolute Gasteiger partial charge is 0.296 e. The van der Waals surface area contributed by atoms with Gasteiger partial charge in [-0.25, -0.2) is 0 Å². The van der Waals surface area contributed by atoms with Crippen molar-refractivity contribution >= 4 is 28.3 Å². The Kier molecular flexibility index (Phi) is 3.50. The molecule has 6 heteroatoms. The molecule has 0 saturated carbocycles. The molecule has 1 amide bonds. The summed E-state index contributed by atoms with van der Waals surface area (Å²) < 4.78 is 3.56. The van der Waals surface area contributed by atoms with E-state index < -0.39 is 11.7 Å². The van der Waals surface area contributed by atoms with Gasteiger partial charge in [-0.3, -0.25) is 14.3 Å². The molecule has 3 rings (SSSR count). The fourth-order valence-corrected chi connectivity index (χ4v) is 2.31. The predicted molar refractivity (Wildman–Crippen MR) is 83.8 cm³/mol. The molecule has 0 spiro atoms. The third kappa shape index (κ3) is 2.50. The largest absolute Gasteiger partial charge is 0.350 e. The van der Waals surface area contributed by atoms with Gasteiger partial charge in [0.25, 0.3) is 11.7 Å². The molecule has 0 atom stereocenters. The first-order valence-electron chi connectivity index (χ1n) is 7.01. The Labute approximate surface area is 127 Å². The second kappa shape index (κ2) is 5.48. The number of fused-ring (bicyclic) bond motifs is 1. The zero-order valence-corrected chi connectivity index (χ0v) is 12.4. The Bertz CT molecular complexity index is 860. The van der Waals surface area contributed by atoms with Gasteiger partial charge < -0.3 is 9.88 Å². The van der Waals surface area contributed by atoms with Crippen molar-refractivity contribution in [3.05, 3.63) is 48.4 Å². The third-order valence-electron chi connectivity index (χ3n) is 3.57. The van der Waals surface area contributed by atoms with E-state index >= 15 is 0 Å². The maximum atomic E-state index is 12.1. The maximum absolute atomic E-state index is 12.1. The number of nitrogens with zero attached hydrogens (tertiary/aromatic N) is 3. The van der Waals surface area contributed by atoms with Gasteiger partial charge in [0.2, 0.25) is 0 Å². The number of carbonyl (C=O) groups is 2. The van der Waals surface area contributed by atoms with Crippen LogP contribution in [-0.4, -0.2) is 26.0 Å². The first-order valence-corrected chi connectivity index (χ1v) is 7.01. The van der Waals surface area contributed by atoms with Gasteiger partial charge in [-0.15, -0.1) is 0 Å². The van der Waals surface area contributed by atoms with Crippen molar-refractivity contribution in [1.29, 1.82) is 0 Å². The molecule has 0 fully saturated rings. The van der Waals surface area contributed by atoms with E-state index in [2.05, 4.69) is 10.4 Å². The number of carbonyl (C=O) groups excluding carboxylic acids is 2. The first kappa shape index (κ1) is 14.1. The average Bonchev–Trinajstić information content (AvgIpc) is 3.14. The lowest BCUT2D eigenvalue weighted by Crippen LogP contribution is -2.22. The summed E-state index contributed by atoms with van der Waals surface area (Å²) in [6, 6.07) is 7.52. The highest BCUT2D eigenvalue weighted by atomic mass is 16.2. The molecule has 1 N–H and O–H groups in total. The second-order valence-electron chi connectivity index (χ2n) is 5.07.